The molecule has 0 amide bonds. The summed E-state index contributed by atoms with van der Waals surface area (Å²) in [5, 5.41) is 3.63. The third kappa shape index (κ3) is 4.70. The molecule has 2 nitrogen and oxygen atoms in total. The van der Waals surface area contributed by atoms with E-state index in [0.717, 1.165) is 29.3 Å². The molecule has 8 rings (SSSR count). The van der Waals surface area contributed by atoms with Crippen LogP contribution >= 0.6 is 23.5 Å². The van der Waals surface area contributed by atoms with Gasteiger partial charge in [-0.1, -0.05) is 122 Å². The van der Waals surface area contributed by atoms with E-state index < -0.39 is 0 Å². The van der Waals surface area contributed by atoms with Gasteiger partial charge in [-0.3, -0.25) is 0 Å². The molecule has 1 N–H and O–H groups in total. The van der Waals surface area contributed by atoms with Crippen molar-refractivity contribution in [2.45, 2.75) is 51.2 Å². The Bertz CT molecular complexity index is 1940. The van der Waals surface area contributed by atoms with Crippen molar-refractivity contribution in [1.82, 2.24) is 0 Å². The van der Waals surface area contributed by atoms with Crippen molar-refractivity contribution in [1.29, 1.82) is 0 Å². The lowest BCUT2D eigenvalue weighted by atomic mass is 9.74. The average molecular weight is 594 g/mol. The molecule has 1 aliphatic carbocycles. The number of hydrogen-bond acceptors (Lipinski definition) is 4. The van der Waals surface area contributed by atoms with Gasteiger partial charge < -0.3 is 10.1 Å². The summed E-state index contributed by atoms with van der Waals surface area (Å²) in [5.41, 5.74) is 8.39. The number of anilines is 1. The molecule has 5 aromatic carbocycles. The van der Waals surface area contributed by atoms with Crippen molar-refractivity contribution in [3.8, 4) is 22.6 Å². The zero-order chi connectivity index (χ0) is 29.0. The monoisotopic (exact) mass is 593 g/mol. The third-order valence-electron chi connectivity index (χ3n) is 8.74. The van der Waals surface area contributed by atoms with Crippen LogP contribution in [0.5, 0.6) is 11.5 Å². The Labute approximate surface area is 261 Å². The summed E-state index contributed by atoms with van der Waals surface area (Å²) in [7, 11) is 0. The van der Waals surface area contributed by atoms with Gasteiger partial charge in [-0.15, -0.1) is 0 Å². The van der Waals surface area contributed by atoms with Crippen molar-refractivity contribution in [2.75, 3.05) is 5.32 Å². The summed E-state index contributed by atoms with van der Waals surface area (Å²) in [6.45, 7) is 4.59. The molecular weight excluding hydrogens is 563 g/mol. The lowest BCUT2D eigenvalue weighted by Crippen LogP contribution is -2.25. The number of fused-ring (bicyclic) bond motifs is 4. The highest BCUT2D eigenvalue weighted by atomic mass is 32.2. The van der Waals surface area contributed by atoms with Crippen LogP contribution in [0.1, 0.15) is 42.9 Å². The quantitative estimate of drug-likeness (QED) is 0.219. The average Bonchev–Trinajstić information content (AvgIpc) is 3.04. The van der Waals surface area contributed by atoms with E-state index in [2.05, 4.69) is 147 Å². The molecule has 43 heavy (non-hydrogen) atoms. The Kier molecular flexibility index (Phi) is 6.50. The fourth-order valence-corrected chi connectivity index (χ4v) is 8.80. The standard InChI is InChI=1S/C39H31NOS2/c1-39(2)31-11-3-4-13-33(31)41-37-29(9-7-12-32(37)39)25-17-21-27(22-18-25)40-28-23-19-26(20-24-28)30-10-8-16-36-38(30)43-35-15-6-5-14-34(35)42-36/h3-17,19-25,40H,18H2,1-2H3. The second-order valence-electron chi connectivity index (χ2n) is 11.8. The zero-order valence-corrected chi connectivity index (χ0v) is 25.8. The van der Waals surface area contributed by atoms with Crippen LogP contribution in [0.15, 0.2) is 153 Å². The molecule has 3 aliphatic rings. The van der Waals surface area contributed by atoms with E-state index in [0.29, 0.717) is 0 Å². The first kappa shape index (κ1) is 26.5. The van der Waals surface area contributed by atoms with Crippen molar-refractivity contribution < 1.29 is 4.74 Å². The van der Waals surface area contributed by atoms with Crippen LogP contribution in [0.4, 0.5) is 5.69 Å². The van der Waals surface area contributed by atoms with Gasteiger partial charge in [0.05, 0.1) is 0 Å². The number of para-hydroxylation sites is 2. The van der Waals surface area contributed by atoms with E-state index in [9.17, 15) is 0 Å². The second-order valence-corrected chi connectivity index (χ2v) is 13.9. The maximum atomic E-state index is 6.55. The van der Waals surface area contributed by atoms with Gasteiger partial charge in [-0.2, -0.15) is 0 Å². The van der Waals surface area contributed by atoms with E-state index in [4.69, 9.17) is 4.74 Å². The molecule has 0 radical (unpaired) electrons. The van der Waals surface area contributed by atoms with Crippen molar-refractivity contribution in [3.63, 3.8) is 0 Å². The number of allylic oxidation sites excluding steroid dienone is 3. The lowest BCUT2D eigenvalue weighted by Gasteiger charge is -2.36. The highest BCUT2D eigenvalue weighted by Gasteiger charge is 2.36. The van der Waals surface area contributed by atoms with Gasteiger partial charge in [0.15, 0.2) is 0 Å². The molecule has 0 saturated heterocycles. The molecule has 0 bridgehead atoms. The van der Waals surface area contributed by atoms with Gasteiger partial charge in [0.1, 0.15) is 11.5 Å². The minimum atomic E-state index is -0.103. The highest BCUT2D eigenvalue weighted by molar-refractivity contribution is 8.05. The first-order valence-corrected chi connectivity index (χ1v) is 16.4. The van der Waals surface area contributed by atoms with Crippen LogP contribution in [0.3, 0.4) is 0 Å². The Morgan fingerprint density at radius 2 is 1.44 bits per heavy atom. The second kappa shape index (κ2) is 10.6. The zero-order valence-electron chi connectivity index (χ0n) is 24.1. The van der Waals surface area contributed by atoms with Crippen LogP contribution in [0.25, 0.3) is 11.1 Å². The minimum Gasteiger partial charge on any atom is -0.456 e. The van der Waals surface area contributed by atoms with Crippen LogP contribution in [0.2, 0.25) is 0 Å². The molecule has 2 heterocycles. The van der Waals surface area contributed by atoms with Gasteiger partial charge in [0, 0.05) is 59.0 Å². The summed E-state index contributed by atoms with van der Waals surface area (Å²) >= 11 is 3.74. The first-order valence-electron chi connectivity index (χ1n) is 14.8. The maximum absolute atomic E-state index is 6.55. The summed E-state index contributed by atoms with van der Waals surface area (Å²) in [6, 6.07) is 39.2. The molecule has 0 fully saturated rings. The molecule has 1 unspecified atom stereocenters. The van der Waals surface area contributed by atoms with E-state index in [1.165, 1.54) is 47.4 Å². The fourth-order valence-electron chi connectivity index (χ4n) is 6.40. The summed E-state index contributed by atoms with van der Waals surface area (Å²) in [5.74, 6) is 2.25. The smallest absolute Gasteiger partial charge is 0.135 e. The minimum absolute atomic E-state index is 0.103. The number of ether oxygens (including phenoxy) is 1. The number of nitrogens with one attached hydrogen (secondary N) is 1. The van der Waals surface area contributed by atoms with E-state index in [1.54, 1.807) is 0 Å². The van der Waals surface area contributed by atoms with Crippen LogP contribution in [-0.2, 0) is 5.41 Å². The van der Waals surface area contributed by atoms with E-state index in [1.807, 2.05) is 23.5 Å². The van der Waals surface area contributed by atoms with Crippen LogP contribution in [-0.4, -0.2) is 0 Å². The molecule has 4 heteroatoms. The Morgan fingerprint density at radius 3 is 2.26 bits per heavy atom. The molecule has 0 aromatic heterocycles. The molecule has 0 saturated carbocycles. The van der Waals surface area contributed by atoms with E-state index >= 15 is 0 Å². The summed E-state index contributed by atoms with van der Waals surface area (Å²) in [6.07, 6.45) is 7.75. The molecule has 2 aliphatic heterocycles. The van der Waals surface area contributed by atoms with Crippen molar-refractivity contribution in [2.24, 2.45) is 0 Å². The van der Waals surface area contributed by atoms with Gasteiger partial charge in [-0.25, -0.2) is 0 Å². The summed E-state index contributed by atoms with van der Waals surface area (Å²) < 4.78 is 6.55. The number of rotatable bonds is 4. The SMILES string of the molecule is CC1(C)c2ccccc2Oc2c(C3C=CC(Nc4ccc(-c5cccc6c5Sc5ccccc5S6)cc4)=CC3)cccc21. The summed E-state index contributed by atoms with van der Waals surface area (Å²) in [4.78, 5) is 5.33. The molecule has 1 atom stereocenters. The lowest BCUT2D eigenvalue weighted by molar-refractivity contribution is 0.411. The highest BCUT2D eigenvalue weighted by Crippen LogP contribution is 2.52. The fraction of sp³-hybridized carbons (Fsp3) is 0.128. The Hall–Kier alpha value is -4.12. The van der Waals surface area contributed by atoms with E-state index in [-0.39, 0.29) is 11.3 Å². The maximum Gasteiger partial charge on any atom is 0.135 e. The third-order valence-corrected chi connectivity index (χ3v) is 11.3. The van der Waals surface area contributed by atoms with Crippen molar-refractivity contribution in [3.05, 3.63) is 150 Å². The molecule has 0 spiro atoms. The first-order chi connectivity index (χ1) is 21.0. The van der Waals surface area contributed by atoms with Crippen molar-refractivity contribution >= 4 is 29.2 Å². The van der Waals surface area contributed by atoms with Crippen LogP contribution in [0, 0.1) is 0 Å². The van der Waals surface area contributed by atoms with Gasteiger partial charge in [-0.05, 0) is 60.0 Å². The van der Waals surface area contributed by atoms with Gasteiger partial charge in [0.2, 0.25) is 0 Å². The predicted molar refractivity (Wildman–Crippen MR) is 180 cm³/mol. The number of benzene rings is 5. The van der Waals surface area contributed by atoms with Gasteiger partial charge in [0.25, 0.3) is 0 Å². The van der Waals surface area contributed by atoms with Crippen LogP contribution < -0.4 is 10.1 Å². The topological polar surface area (TPSA) is 21.3 Å². The normalized spacial score (nSPS) is 17.4. The molecular formula is C39H31NOS2. The predicted octanol–water partition coefficient (Wildman–Crippen LogP) is 11.4. The van der Waals surface area contributed by atoms with Gasteiger partial charge >= 0.3 is 0 Å². The molecule has 210 valence electrons. The molecule has 5 aromatic rings. The largest absolute Gasteiger partial charge is 0.456 e. The Morgan fingerprint density at radius 1 is 0.721 bits per heavy atom. The number of hydrogen-bond donors (Lipinski definition) is 1. The Balaban J connectivity index is 0.990.